The fraction of sp³-hybridized carbons (Fsp3) is 0.250. The van der Waals surface area contributed by atoms with E-state index in [-0.39, 0.29) is 25.1 Å². The Labute approximate surface area is 172 Å². The van der Waals surface area contributed by atoms with Crippen molar-refractivity contribution in [2.45, 2.75) is 25.4 Å². The van der Waals surface area contributed by atoms with Crippen molar-refractivity contribution in [1.29, 1.82) is 0 Å². The van der Waals surface area contributed by atoms with Crippen LogP contribution in [-0.2, 0) is 11.3 Å². The van der Waals surface area contributed by atoms with E-state index in [9.17, 15) is 4.79 Å². The summed E-state index contributed by atoms with van der Waals surface area (Å²) in [5.74, 6) is 1.11. The van der Waals surface area contributed by atoms with Gasteiger partial charge in [0.2, 0.25) is 11.8 Å². The largest absolute Gasteiger partial charge is 0.482 e. The van der Waals surface area contributed by atoms with Crippen LogP contribution in [0, 0.1) is 0 Å². The van der Waals surface area contributed by atoms with Gasteiger partial charge in [-0.25, -0.2) is 0 Å². The molecule has 1 amide bonds. The highest BCUT2D eigenvalue weighted by atomic mass is 35.5. The van der Waals surface area contributed by atoms with E-state index in [1.165, 1.54) is 0 Å². The minimum Gasteiger partial charge on any atom is -0.482 e. The Morgan fingerprint density at radius 1 is 1.11 bits per heavy atom. The molecular formula is C20H17Cl2N3O3. The molecule has 0 bridgehead atoms. The highest BCUT2D eigenvalue weighted by Crippen LogP contribution is 2.30. The van der Waals surface area contributed by atoms with Crippen molar-refractivity contribution < 1.29 is 13.9 Å². The lowest BCUT2D eigenvalue weighted by Gasteiger charge is -2.20. The zero-order valence-corrected chi connectivity index (χ0v) is 16.4. The summed E-state index contributed by atoms with van der Waals surface area (Å²) in [7, 11) is 0. The van der Waals surface area contributed by atoms with Crippen molar-refractivity contribution in [2.24, 2.45) is 0 Å². The van der Waals surface area contributed by atoms with Crippen molar-refractivity contribution in [3.8, 4) is 17.2 Å². The van der Waals surface area contributed by atoms with E-state index in [4.69, 9.17) is 32.4 Å². The number of nitrogens with zero attached hydrogens (tertiary/aromatic N) is 3. The summed E-state index contributed by atoms with van der Waals surface area (Å²) in [6, 6.07) is 14.4. The third-order valence-electron chi connectivity index (χ3n) is 4.36. The molecule has 6 nitrogen and oxygen atoms in total. The van der Waals surface area contributed by atoms with E-state index >= 15 is 0 Å². The molecule has 1 saturated carbocycles. The van der Waals surface area contributed by atoms with Gasteiger partial charge < -0.3 is 14.1 Å². The minimum absolute atomic E-state index is 0.0988. The summed E-state index contributed by atoms with van der Waals surface area (Å²) < 4.78 is 11.3. The molecule has 0 atom stereocenters. The first-order valence-electron chi connectivity index (χ1n) is 8.85. The molecule has 1 heterocycles. The number of para-hydroxylation sites is 1. The van der Waals surface area contributed by atoms with Gasteiger partial charge in [-0.2, -0.15) is 0 Å². The number of halogens is 2. The van der Waals surface area contributed by atoms with Crippen molar-refractivity contribution >= 4 is 29.1 Å². The van der Waals surface area contributed by atoms with E-state index in [0.717, 1.165) is 18.4 Å². The summed E-state index contributed by atoms with van der Waals surface area (Å²) in [6.45, 7) is 0.147. The fourth-order valence-electron chi connectivity index (χ4n) is 2.76. The third kappa shape index (κ3) is 4.46. The van der Waals surface area contributed by atoms with Crippen LogP contribution in [0.3, 0.4) is 0 Å². The molecule has 0 unspecified atom stereocenters. The van der Waals surface area contributed by atoms with Crippen LogP contribution in [0.1, 0.15) is 18.7 Å². The molecule has 0 spiro atoms. The Balaban J connectivity index is 1.42. The lowest BCUT2D eigenvalue weighted by molar-refractivity contribution is -0.134. The van der Waals surface area contributed by atoms with Crippen LogP contribution in [0.2, 0.25) is 10.0 Å². The Morgan fingerprint density at radius 2 is 1.86 bits per heavy atom. The third-order valence-corrected chi connectivity index (χ3v) is 4.92. The fourth-order valence-corrected chi connectivity index (χ4v) is 3.08. The van der Waals surface area contributed by atoms with E-state index in [1.807, 2.05) is 0 Å². The first kappa shape index (κ1) is 18.8. The maximum atomic E-state index is 12.7. The van der Waals surface area contributed by atoms with Gasteiger partial charge in [0.05, 0.1) is 11.6 Å². The van der Waals surface area contributed by atoms with Crippen molar-refractivity contribution in [3.63, 3.8) is 0 Å². The molecule has 1 fully saturated rings. The van der Waals surface area contributed by atoms with Gasteiger partial charge in [-0.05, 0) is 49.2 Å². The van der Waals surface area contributed by atoms with Crippen LogP contribution in [0.5, 0.6) is 5.75 Å². The highest BCUT2D eigenvalue weighted by molar-refractivity contribution is 6.32. The summed E-state index contributed by atoms with van der Waals surface area (Å²) in [5, 5.41) is 9.24. The number of hydrogen-bond donors (Lipinski definition) is 0. The molecule has 1 aliphatic rings. The smallest absolute Gasteiger partial charge is 0.261 e. The van der Waals surface area contributed by atoms with Crippen LogP contribution in [-0.4, -0.2) is 33.7 Å². The van der Waals surface area contributed by atoms with Gasteiger partial charge in [0, 0.05) is 16.6 Å². The van der Waals surface area contributed by atoms with Gasteiger partial charge in [-0.3, -0.25) is 4.79 Å². The molecule has 28 heavy (non-hydrogen) atoms. The van der Waals surface area contributed by atoms with E-state index in [0.29, 0.717) is 27.6 Å². The molecule has 4 rings (SSSR count). The Hall–Kier alpha value is -2.57. The number of carbonyl (C=O) groups excluding carboxylic acids is 1. The predicted octanol–water partition coefficient (Wildman–Crippen LogP) is 4.61. The van der Waals surface area contributed by atoms with Gasteiger partial charge in [-0.15, -0.1) is 10.2 Å². The average molecular weight is 418 g/mol. The number of ether oxygens (including phenoxy) is 1. The topological polar surface area (TPSA) is 68.5 Å². The second kappa shape index (κ2) is 8.20. The molecule has 0 saturated heterocycles. The van der Waals surface area contributed by atoms with Crippen LogP contribution in [0.25, 0.3) is 11.5 Å². The molecule has 1 aromatic heterocycles. The zero-order chi connectivity index (χ0) is 19.5. The average Bonchev–Trinajstić information content (AvgIpc) is 3.44. The Kier molecular flexibility index (Phi) is 5.50. The number of rotatable bonds is 7. The molecule has 0 radical (unpaired) electrons. The van der Waals surface area contributed by atoms with Gasteiger partial charge in [-0.1, -0.05) is 35.3 Å². The van der Waals surface area contributed by atoms with Crippen molar-refractivity contribution in [3.05, 3.63) is 64.5 Å². The lowest BCUT2D eigenvalue weighted by Crippen LogP contribution is -2.36. The molecular weight excluding hydrogens is 401 g/mol. The van der Waals surface area contributed by atoms with E-state index in [1.54, 1.807) is 53.4 Å². The van der Waals surface area contributed by atoms with Gasteiger partial charge in [0.25, 0.3) is 5.91 Å². The van der Waals surface area contributed by atoms with Crippen LogP contribution < -0.4 is 4.74 Å². The molecule has 144 valence electrons. The summed E-state index contributed by atoms with van der Waals surface area (Å²) in [6.07, 6.45) is 1.91. The highest BCUT2D eigenvalue weighted by Gasteiger charge is 2.34. The van der Waals surface area contributed by atoms with Crippen LogP contribution in [0.15, 0.2) is 52.9 Å². The van der Waals surface area contributed by atoms with Gasteiger partial charge in [0.15, 0.2) is 6.61 Å². The standard InChI is InChI=1S/C20H17Cl2N3O3/c21-14-7-5-13(6-8-14)20-24-23-18(28-20)11-25(15-9-10-15)19(26)12-27-17-4-2-1-3-16(17)22/h1-8,15H,9-12H2. The maximum absolute atomic E-state index is 12.7. The maximum Gasteiger partial charge on any atom is 0.261 e. The number of hydrogen-bond acceptors (Lipinski definition) is 5. The molecule has 3 aromatic rings. The monoisotopic (exact) mass is 417 g/mol. The lowest BCUT2D eigenvalue weighted by atomic mass is 10.2. The Morgan fingerprint density at radius 3 is 2.57 bits per heavy atom. The zero-order valence-electron chi connectivity index (χ0n) is 14.8. The first-order valence-corrected chi connectivity index (χ1v) is 9.61. The van der Waals surface area contributed by atoms with Crippen molar-refractivity contribution in [2.75, 3.05) is 6.61 Å². The van der Waals surface area contributed by atoms with Crippen LogP contribution in [0.4, 0.5) is 0 Å². The predicted molar refractivity (Wildman–Crippen MR) is 105 cm³/mol. The van der Waals surface area contributed by atoms with E-state index in [2.05, 4.69) is 10.2 Å². The number of aromatic nitrogens is 2. The SMILES string of the molecule is O=C(COc1ccccc1Cl)N(Cc1nnc(-c2ccc(Cl)cc2)o1)C1CC1. The number of benzene rings is 2. The quantitative estimate of drug-likeness (QED) is 0.561. The van der Waals surface area contributed by atoms with Gasteiger partial charge >= 0.3 is 0 Å². The van der Waals surface area contributed by atoms with E-state index < -0.39 is 0 Å². The Bertz CT molecular complexity index is 971. The second-order valence-corrected chi connectivity index (χ2v) is 7.32. The van der Waals surface area contributed by atoms with Crippen molar-refractivity contribution in [1.82, 2.24) is 15.1 Å². The van der Waals surface area contributed by atoms with Crippen LogP contribution >= 0.6 is 23.2 Å². The normalized spacial score (nSPS) is 13.4. The summed E-state index contributed by atoms with van der Waals surface area (Å²) >= 11 is 12.0. The number of carbonyl (C=O) groups is 1. The second-order valence-electron chi connectivity index (χ2n) is 6.48. The first-order chi connectivity index (χ1) is 13.6. The van der Waals surface area contributed by atoms with Gasteiger partial charge in [0.1, 0.15) is 5.75 Å². The molecule has 2 aromatic carbocycles. The minimum atomic E-state index is -0.145. The summed E-state index contributed by atoms with van der Waals surface area (Å²) in [4.78, 5) is 14.4. The molecule has 0 aliphatic heterocycles. The molecule has 1 aliphatic carbocycles. The number of amides is 1. The molecule has 8 heteroatoms. The molecule has 0 N–H and O–H groups in total. The summed E-state index contributed by atoms with van der Waals surface area (Å²) in [5.41, 5.74) is 0.773.